The van der Waals surface area contributed by atoms with Gasteiger partial charge in [0.2, 0.25) is 0 Å². The number of aliphatic hydroxyl groups excluding tert-OH is 1. The fourth-order valence-electron chi connectivity index (χ4n) is 4.84. The molecule has 11 heteroatoms. The van der Waals surface area contributed by atoms with E-state index in [0.29, 0.717) is 11.6 Å². The number of alkyl halides is 3. The number of carbonyl (C=O) groups excluding carboxylic acids is 1. The lowest BCUT2D eigenvalue weighted by Gasteiger charge is -2.26. The van der Waals surface area contributed by atoms with Gasteiger partial charge in [-0.25, -0.2) is 4.79 Å². The Morgan fingerprint density at radius 3 is 2.36 bits per heavy atom. The average Bonchev–Trinajstić information content (AvgIpc) is 3.44. The maximum absolute atomic E-state index is 13.3. The van der Waals surface area contributed by atoms with E-state index in [2.05, 4.69) is 37.1 Å². The van der Waals surface area contributed by atoms with E-state index >= 15 is 0 Å². The first-order valence-electron chi connectivity index (χ1n) is 12.7. The third-order valence-electron chi connectivity index (χ3n) is 6.88. The maximum atomic E-state index is 13.3. The third kappa shape index (κ3) is 7.74. The van der Waals surface area contributed by atoms with Crippen molar-refractivity contribution < 1.29 is 33.0 Å². The highest BCUT2D eigenvalue weighted by atomic mass is 35.5. The lowest BCUT2D eigenvalue weighted by atomic mass is 10.0. The normalized spacial score (nSPS) is 18.9. The summed E-state index contributed by atoms with van der Waals surface area (Å²) in [6.45, 7) is 6.81. The molecule has 2 heterocycles. The number of H-pyrrole nitrogens is 1. The van der Waals surface area contributed by atoms with Crippen LogP contribution in [0.1, 0.15) is 61.2 Å². The highest BCUT2D eigenvalue weighted by molar-refractivity contribution is 6.30. The van der Waals surface area contributed by atoms with Crippen LogP contribution in [0.15, 0.2) is 48.7 Å². The monoisotopic (exact) mass is 567 g/mol. The molecule has 1 aliphatic heterocycles. The molecule has 1 amide bonds. The Labute approximate surface area is 230 Å². The molecule has 2 unspecified atom stereocenters. The first-order chi connectivity index (χ1) is 18.3. The molecule has 3 aromatic rings. The number of nitrogens with one attached hydrogen (secondary N) is 2. The lowest BCUT2D eigenvalue weighted by Crippen LogP contribution is -2.38. The number of benzene rings is 2. The minimum absolute atomic E-state index is 0.109. The number of carboxylic acid groups (broad SMARTS) is 1. The number of aromatic amines is 1. The number of hydrogen-bond donors (Lipinski definition) is 4. The van der Waals surface area contributed by atoms with Crippen LogP contribution in [0.4, 0.5) is 13.2 Å². The molecule has 39 heavy (non-hydrogen) atoms. The van der Waals surface area contributed by atoms with Crippen LogP contribution in [0.2, 0.25) is 5.02 Å². The van der Waals surface area contributed by atoms with Crippen LogP contribution in [-0.4, -0.2) is 62.8 Å². The number of aliphatic hydroxyl groups is 1. The van der Waals surface area contributed by atoms with Gasteiger partial charge in [0, 0.05) is 41.3 Å². The van der Waals surface area contributed by atoms with Crippen LogP contribution < -0.4 is 5.32 Å². The Morgan fingerprint density at radius 2 is 1.77 bits per heavy atom. The van der Waals surface area contributed by atoms with Gasteiger partial charge < -0.3 is 25.4 Å². The number of carbonyl (C=O) groups is 2. The number of likely N-dealkylation sites (tertiary alicyclic amines) is 1. The van der Waals surface area contributed by atoms with Crippen molar-refractivity contribution in [1.29, 1.82) is 0 Å². The lowest BCUT2D eigenvalue weighted by molar-refractivity contribution is -0.192. The molecule has 212 valence electrons. The van der Waals surface area contributed by atoms with Crippen LogP contribution >= 0.6 is 11.6 Å². The summed E-state index contributed by atoms with van der Waals surface area (Å²) in [5.74, 6) is -2.65. The molecule has 0 aliphatic carbocycles. The van der Waals surface area contributed by atoms with Crippen molar-refractivity contribution in [3.8, 4) is 0 Å². The van der Waals surface area contributed by atoms with Crippen molar-refractivity contribution in [2.45, 2.75) is 70.4 Å². The van der Waals surface area contributed by atoms with Crippen LogP contribution in [0, 0.1) is 0 Å². The summed E-state index contributed by atoms with van der Waals surface area (Å²) in [4.78, 5) is 27.6. The molecule has 2 aromatic carbocycles. The molecular formula is C28H33ClF3N3O4. The highest BCUT2D eigenvalue weighted by Crippen LogP contribution is 2.29. The van der Waals surface area contributed by atoms with E-state index in [1.807, 2.05) is 35.4 Å². The van der Waals surface area contributed by atoms with E-state index in [0.717, 1.165) is 46.9 Å². The first-order valence-corrected chi connectivity index (χ1v) is 13.1. The molecular weight excluding hydrogens is 535 g/mol. The van der Waals surface area contributed by atoms with E-state index in [1.54, 1.807) is 12.1 Å². The number of amides is 1. The van der Waals surface area contributed by atoms with Gasteiger partial charge >= 0.3 is 12.1 Å². The zero-order valence-electron chi connectivity index (χ0n) is 21.9. The second kappa shape index (κ2) is 12.8. The van der Waals surface area contributed by atoms with Crippen LogP contribution in [0.3, 0.4) is 0 Å². The predicted molar refractivity (Wildman–Crippen MR) is 144 cm³/mol. The molecule has 1 fully saturated rings. The van der Waals surface area contributed by atoms with Gasteiger partial charge in [-0.3, -0.25) is 4.79 Å². The molecule has 0 spiro atoms. The third-order valence-corrected chi connectivity index (χ3v) is 7.11. The zero-order valence-corrected chi connectivity index (χ0v) is 22.7. The number of rotatable bonds is 7. The van der Waals surface area contributed by atoms with Crippen LogP contribution in [-0.2, 0) is 11.2 Å². The van der Waals surface area contributed by atoms with Gasteiger partial charge in [-0.15, -0.1) is 0 Å². The smallest absolute Gasteiger partial charge is 0.475 e. The molecule has 0 radical (unpaired) electrons. The number of hydrogen-bond acceptors (Lipinski definition) is 4. The molecule has 4 N–H and O–H groups in total. The quantitative estimate of drug-likeness (QED) is 0.292. The Hall–Kier alpha value is -3.08. The summed E-state index contributed by atoms with van der Waals surface area (Å²) in [5.41, 5.74) is 3.61. The number of carboxylic acids is 1. The largest absolute Gasteiger partial charge is 0.490 e. The van der Waals surface area contributed by atoms with E-state index in [-0.39, 0.29) is 24.0 Å². The highest BCUT2D eigenvalue weighted by Gasteiger charge is 2.38. The Balaban J connectivity index is 0.000000532. The van der Waals surface area contributed by atoms with E-state index in [1.165, 1.54) is 0 Å². The van der Waals surface area contributed by atoms with Crippen molar-refractivity contribution in [3.63, 3.8) is 0 Å². The number of fused-ring (bicyclic) bond motifs is 1. The molecule has 1 aromatic heterocycles. The van der Waals surface area contributed by atoms with E-state index in [4.69, 9.17) is 21.5 Å². The fourth-order valence-corrected chi connectivity index (χ4v) is 5.04. The minimum Gasteiger partial charge on any atom is -0.475 e. The molecule has 0 saturated carbocycles. The molecule has 1 saturated heterocycles. The van der Waals surface area contributed by atoms with Gasteiger partial charge in [-0.05, 0) is 69.4 Å². The zero-order chi connectivity index (χ0) is 28.9. The number of nitrogens with zero attached hydrogens (tertiary/aromatic N) is 1. The summed E-state index contributed by atoms with van der Waals surface area (Å²) in [7, 11) is 0. The fraction of sp³-hybridized carbons (Fsp3) is 0.429. The van der Waals surface area contributed by atoms with Crippen molar-refractivity contribution in [3.05, 3.63) is 70.4 Å². The average molecular weight is 568 g/mol. The summed E-state index contributed by atoms with van der Waals surface area (Å²) in [6, 6.07) is 14.0. The Morgan fingerprint density at radius 1 is 1.15 bits per heavy atom. The second-order valence-corrected chi connectivity index (χ2v) is 10.4. The molecule has 7 nitrogen and oxygen atoms in total. The summed E-state index contributed by atoms with van der Waals surface area (Å²) in [5, 5.41) is 22.7. The number of para-hydroxylation sites is 1. The van der Waals surface area contributed by atoms with Gasteiger partial charge in [0.05, 0.1) is 17.2 Å². The van der Waals surface area contributed by atoms with E-state index in [9.17, 15) is 23.1 Å². The second-order valence-electron chi connectivity index (χ2n) is 9.92. The van der Waals surface area contributed by atoms with Crippen molar-refractivity contribution in [1.82, 2.24) is 15.2 Å². The topological polar surface area (TPSA) is 106 Å². The van der Waals surface area contributed by atoms with Crippen molar-refractivity contribution in [2.75, 3.05) is 6.54 Å². The van der Waals surface area contributed by atoms with Gasteiger partial charge in [0.15, 0.2) is 0 Å². The van der Waals surface area contributed by atoms with E-state index < -0.39 is 18.2 Å². The first kappa shape index (κ1) is 30.5. The van der Waals surface area contributed by atoms with Gasteiger partial charge in [0.1, 0.15) is 0 Å². The van der Waals surface area contributed by atoms with Gasteiger partial charge in [-0.2, -0.15) is 13.2 Å². The molecule has 4 atom stereocenters. The maximum Gasteiger partial charge on any atom is 0.490 e. The number of halogens is 4. The summed E-state index contributed by atoms with van der Waals surface area (Å²) in [6.07, 6.45) is -0.792. The molecule has 4 rings (SSSR count). The minimum atomic E-state index is -5.08. The van der Waals surface area contributed by atoms with Crippen molar-refractivity contribution >= 4 is 34.4 Å². The standard InChI is InChI=1S/C26H32ClN3O2.C2HF3O2/c1-16(28-15-24(31)19-6-4-7-21(27)13-19)12-20-14-29-25-22(20)8-5-9-23(25)26(32)30-17(2)10-11-18(30)3;3-2(4,5)1(6)7/h4-9,13-14,16-18,24,28-29,31H,10-12,15H2,1-3H3;(H,6,7)/t16-,17?,18?,24+;/m1./s1. The van der Waals surface area contributed by atoms with Crippen LogP contribution in [0.5, 0.6) is 0 Å². The molecule has 0 bridgehead atoms. The number of aromatic nitrogens is 1. The molecule has 1 aliphatic rings. The van der Waals surface area contributed by atoms with Crippen LogP contribution in [0.25, 0.3) is 10.9 Å². The summed E-state index contributed by atoms with van der Waals surface area (Å²) < 4.78 is 31.7. The predicted octanol–water partition coefficient (Wildman–Crippen LogP) is 5.72. The van der Waals surface area contributed by atoms with Crippen molar-refractivity contribution in [2.24, 2.45) is 0 Å². The number of aliphatic carboxylic acids is 1. The SMILES string of the molecule is CC1CCC(C)N1C(=O)c1cccc2c(C[C@@H](C)NC[C@H](O)c3cccc(Cl)c3)c[nH]c12.O=C(O)C(F)(F)F. The Kier molecular flexibility index (Phi) is 10.0. The van der Waals surface area contributed by atoms with Gasteiger partial charge in [0.25, 0.3) is 5.91 Å². The Bertz CT molecular complexity index is 1290. The van der Waals surface area contributed by atoms with Gasteiger partial charge in [-0.1, -0.05) is 35.9 Å². The summed E-state index contributed by atoms with van der Waals surface area (Å²) >= 11 is 6.03.